The van der Waals surface area contributed by atoms with E-state index in [0.717, 1.165) is 0 Å². The van der Waals surface area contributed by atoms with Crippen LogP contribution in [0.25, 0.3) is 0 Å². The molecule has 0 aromatic carbocycles. The number of aliphatic hydroxyl groups excluding tert-OH is 1. The molecule has 2 heterocycles. The van der Waals surface area contributed by atoms with Crippen LogP contribution in [-0.4, -0.2) is 35.5 Å². The minimum absolute atomic E-state index is 0.462. The van der Waals surface area contributed by atoms with E-state index in [4.69, 9.17) is 20.6 Å². The second-order valence-electron chi connectivity index (χ2n) is 3.68. The van der Waals surface area contributed by atoms with Gasteiger partial charge in [-0.15, -0.1) is 6.42 Å². The molecule has 72 valence electrons. The van der Waals surface area contributed by atoms with Crippen molar-refractivity contribution in [1.82, 2.24) is 0 Å². The summed E-state index contributed by atoms with van der Waals surface area (Å²) in [5.41, 5.74) is 0. The summed E-state index contributed by atoms with van der Waals surface area (Å²) < 4.78 is 16.0. The van der Waals surface area contributed by atoms with Gasteiger partial charge in [0.05, 0.1) is 0 Å². The lowest BCUT2D eigenvalue weighted by atomic mass is 10.1. The quantitative estimate of drug-likeness (QED) is 0.532. The largest absolute Gasteiger partial charge is 0.386 e. The van der Waals surface area contributed by atoms with E-state index < -0.39 is 30.4 Å². The van der Waals surface area contributed by atoms with Gasteiger partial charge < -0.3 is 19.3 Å². The molecule has 0 radical (unpaired) electrons. The number of fused-ring (bicyclic) bond motifs is 1. The zero-order valence-electron chi connectivity index (χ0n) is 7.56. The molecular weight excluding hydrogens is 172 g/mol. The fraction of sp³-hybridized carbons (Fsp3) is 0.778. The number of hydrogen-bond acceptors (Lipinski definition) is 4. The zero-order valence-corrected chi connectivity index (χ0v) is 7.56. The third kappa shape index (κ3) is 1.34. The molecule has 0 aliphatic carbocycles. The Labute approximate surface area is 76.8 Å². The lowest BCUT2D eigenvalue weighted by molar-refractivity contribution is -0.208. The molecule has 13 heavy (non-hydrogen) atoms. The molecule has 2 unspecified atom stereocenters. The summed E-state index contributed by atoms with van der Waals surface area (Å²) in [6.07, 6.45) is 2.74. The second kappa shape index (κ2) is 2.69. The number of hydrogen-bond donors (Lipinski definition) is 1. The normalized spacial score (nSPS) is 47.2. The minimum Gasteiger partial charge on any atom is -0.386 e. The van der Waals surface area contributed by atoms with Crippen LogP contribution < -0.4 is 0 Å². The molecule has 2 rings (SSSR count). The lowest BCUT2D eigenvalue weighted by Gasteiger charge is -2.20. The third-order valence-corrected chi connectivity index (χ3v) is 2.18. The SMILES string of the molecule is C#C[C@H]1OC2OC(C)(C)OC2[C@H]1O. The van der Waals surface area contributed by atoms with E-state index in [1.807, 2.05) is 0 Å². The van der Waals surface area contributed by atoms with Gasteiger partial charge in [0.15, 0.2) is 12.1 Å². The van der Waals surface area contributed by atoms with Gasteiger partial charge in [0.25, 0.3) is 0 Å². The third-order valence-electron chi connectivity index (χ3n) is 2.18. The number of terminal acetylenes is 1. The molecule has 2 saturated heterocycles. The molecule has 0 amide bonds. The average molecular weight is 184 g/mol. The van der Waals surface area contributed by atoms with Crippen molar-refractivity contribution >= 4 is 0 Å². The molecule has 2 aliphatic rings. The summed E-state index contributed by atoms with van der Waals surface area (Å²) in [6.45, 7) is 3.54. The Kier molecular flexibility index (Phi) is 1.86. The van der Waals surface area contributed by atoms with Crippen LogP contribution in [0.1, 0.15) is 13.8 Å². The molecule has 2 aliphatic heterocycles. The number of rotatable bonds is 0. The molecule has 4 heteroatoms. The van der Waals surface area contributed by atoms with E-state index in [1.165, 1.54) is 0 Å². The molecule has 0 bridgehead atoms. The highest BCUT2D eigenvalue weighted by molar-refractivity contribution is 5.07. The zero-order chi connectivity index (χ0) is 9.64. The van der Waals surface area contributed by atoms with Gasteiger partial charge in [-0.25, -0.2) is 0 Å². The maximum atomic E-state index is 9.62. The van der Waals surface area contributed by atoms with Crippen molar-refractivity contribution in [3.05, 3.63) is 0 Å². The predicted octanol–water partition coefficient (Wildman–Crippen LogP) is -0.143. The van der Waals surface area contributed by atoms with Crippen LogP contribution in [0, 0.1) is 12.3 Å². The van der Waals surface area contributed by atoms with Crippen LogP contribution in [0.4, 0.5) is 0 Å². The summed E-state index contributed by atoms with van der Waals surface area (Å²) in [4.78, 5) is 0. The van der Waals surface area contributed by atoms with Crippen molar-refractivity contribution in [2.45, 2.75) is 44.2 Å². The molecule has 4 atom stereocenters. The van der Waals surface area contributed by atoms with Gasteiger partial charge in [-0.05, 0) is 13.8 Å². The fourth-order valence-electron chi connectivity index (χ4n) is 1.63. The molecule has 1 N–H and O–H groups in total. The van der Waals surface area contributed by atoms with Crippen LogP contribution in [-0.2, 0) is 14.2 Å². The van der Waals surface area contributed by atoms with Gasteiger partial charge >= 0.3 is 0 Å². The van der Waals surface area contributed by atoms with Crippen LogP contribution in [0.5, 0.6) is 0 Å². The van der Waals surface area contributed by atoms with Gasteiger partial charge in [-0.3, -0.25) is 0 Å². The first-order valence-electron chi connectivity index (χ1n) is 4.19. The summed E-state index contributed by atoms with van der Waals surface area (Å²) in [5, 5.41) is 9.62. The maximum Gasteiger partial charge on any atom is 0.191 e. The van der Waals surface area contributed by atoms with Crippen molar-refractivity contribution < 1.29 is 19.3 Å². The van der Waals surface area contributed by atoms with Crippen LogP contribution in [0.3, 0.4) is 0 Å². The number of aliphatic hydroxyl groups is 1. The fourth-order valence-corrected chi connectivity index (χ4v) is 1.63. The Balaban J connectivity index is 2.12. The van der Waals surface area contributed by atoms with E-state index in [9.17, 15) is 5.11 Å². The Hall–Kier alpha value is -0.600. The molecule has 0 aromatic rings. The van der Waals surface area contributed by atoms with E-state index in [2.05, 4.69) is 5.92 Å². The number of ether oxygens (including phenoxy) is 3. The van der Waals surface area contributed by atoms with E-state index in [-0.39, 0.29) is 0 Å². The van der Waals surface area contributed by atoms with Crippen molar-refractivity contribution in [2.75, 3.05) is 0 Å². The van der Waals surface area contributed by atoms with Crippen LogP contribution in [0.15, 0.2) is 0 Å². The highest BCUT2D eigenvalue weighted by Crippen LogP contribution is 2.36. The van der Waals surface area contributed by atoms with Crippen LogP contribution >= 0.6 is 0 Å². The van der Waals surface area contributed by atoms with Crippen molar-refractivity contribution in [1.29, 1.82) is 0 Å². The molecule has 0 spiro atoms. The standard InChI is InChI=1S/C9H12O4/c1-4-5-6(10)7-8(11-5)13-9(2,3)12-7/h1,5-8,10H,2-3H3/t5-,6+,7?,8?/m1/s1. The van der Waals surface area contributed by atoms with Gasteiger partial charge in [0.2, 0.25) is 0 Å². The first-order chi connectivity index (χ1) is 6.03. The van der Waals surface area contributed by atoms with Crippen LogP contribution in [0.2, 0.25) is 0 Å². The first kappa shape index (κ1) is 8.97. The molecule has 0 saturated carbocycles. The Morgan fingerprint density at radius 1 is 1.38 bits per heavy atom. The van der Waals surface area contributed by atoms with Crippen molar-refractivity contribution in [2.24, 2.45) is 0 Å². The van der Waals surface area contributed by atoms with Gasteiger partial charge in [-0.1, -0.05) is 5.92 Å². The first-order valence-corrected chi connectivity index (χ1v) is 4.19. The highest BCUT2D eigenvalue weighted by Gasteiger charge is 2.53. The monoisotopic (exact) mass is 184 g/mol. The van der Waals surface area contributed by atoms with Crippen molar-refractivity contribution in [3.8, 4) is 12.3 Å². The lowest BCUT2D eigenvalue weighted by Crippen LogP contribution is -2.33. The summed E-state index contributed by atoms with van der Waals surface area (Å²) in [7, 11) is 0. The van der Waals surface area contributed by atoms with E-state index in [0.29, 0.717) is 0 Å². The van der Waals surface area contributed by atoms with Crippen molar-refractivity contribution in [3.63, 3.8) is 0 Å². The van der Waals surface area contributed by atoms with Gasteiger partial charge in [0.1, 0.15) is 18.3 Å². The molecule has 4 nitrogen and oxygen atoms in total. The molecule has 2 fully saturated rings. The topological polar surface area (TPSA) is 47.9 Å². The Morgan fingerprint density at radius 3 is 2.62 bits per heavy atom. The predicted molar refractivity (Wildman–Crippen MR) is 43.5 cm³/mol. The smallest absolute Gasteiger partial charge is 0.191 e. The van der Waals surface area contributed by atoms with E-state index in [1.54, 1.807) is 13.8 Å². The maximum absolute atomic E-state index is 9.62. The second-order valence-corrected chi connectivity index (χ2v) is 3.68. The Morgan fingerprint density at radius 2 is 2.08 bits per heavy atom. The Bertz CT molecular complexity index is 255. The highest BCUT2D eigenvalue weighted by atomic mass is 16.8. The summed E-state index contributed by atoms with van der Waals surface area (Å²) >= 11 is 0. The average Bonchev–Trinajstić information content (AvgIpc) is 2.47. The van der Waals surface area contributed by atoms with Gasteiger partial charge in [-0.2, -0.15) is 0 Å². The minimum atomic E-state index is -0.795. The van der Waals surface area contributed by atoms with Gasteiger partial charge in [0, 0.05) is 0 Å². The summed E-state index contributed by atoms with van der Waals surface area (Å²) in [5.74, 6) is 1.64. The molecule has 0 aromatic heterocycles. The molecular formula is C9H12O4. The summed E-state index contributed by atoms with van der Waals surface area (Å²) in [6, 6.07) is 0. The van der Waals surface area contributed by atoms with E-state index >= 15 is 0 Å².